The number of aliphatic imine (C=N–C) groups is 1. The Labute approximate surface area is 152 Å². The van der Waals surface area contributed by atoms with Crippen LogP contribution in [0.1, 0.15) is 27.8 Å². The number of carbonyl (C=O) groups is 1. The fourth-order valence-electron chi connectivity index (χ4n) is 2.16. The minimum Gasteiger partial charge on any atom is -0.494 e. The van der Waals surface area contributed by atoms with Gasteiger partial charge in [-0.15, -0.1) is 0 Å². The van der Waals surface area contributed by atoms with Gasteiger partial charge in [0.05, 0.1) is 11.3 Å². The summed E-state index contributed by atoms with van der Waals surface area (Å²) in [5.41, 5.74) is 2.15. The molecule has 8 heteroatoms. The van der Waals surface area contributed by atoms with E-state index in [2.05, 4.69) is 31.2 Å². The average molecular weight is 403 g/mol. The van der Waals surface area contributed by atoms with Gasteiger partial charge in [0.1, 0.15) is 11.6 Å². The molecule has 0 bridgehead atoms. The van der Waals surface area contributed by atoms with Gasteiger partial charge in [0, 0.05) is 10.7 Å². The van der Waals surface area contributed by atoms with Crippen molar-refractivity contribution < 1.29 is 9.90 Å². The summed E-state index contributed by atoms with van der Waals surface area (Å²) in [5.74, 6) is -0.453. The first kappa shape index (κ1) is 18.4. The van der Waals surface area contributed by atoms with Gasteiger partial charge in [-0.05, 0) is 65.5 Å². The molecule has 2 aromatic rings. The predicted molar refractivity (Wildman–Crippen MR) is 98.4 cm³/mol. The summed E-state index contributed by atoms with van der Waals surface area (Å²) >= 11 is 3.37. The third-order valence-corrected chi connectivity index (χ3v) is 4.40. The number of hydrogen-bond acceptors (Lipinski definition) is 4. The van der Waals surface area contributed by atoms with Crippen molar-refractivity contribution in [2.75, 3.05) is 5.32 Å². The Hall–Kier alpha value is -2.92. The summed E-state index contributed by atoms with van der Waals surface area (Å²) in [4.78, 5) is 29.4. The second kappa shape index (κ2) is 7.32. The number of anilines is 1. The number of rotatable bonds is 2. The van der Waals surface area contributed by atoms with Crippen LogP contribution in [-0.2, 0) is 0 Å². The number of hydrogen-bond donors (Lipinski definition) is 3. The van der Waals surface area contributed by atoms with Crippen LogP contribution in [0.3, 0.4) is 0 Å². The third kappa shape index (κ3) is 3.95. The molecular formula is C17H15BrN4O3. The van der Waals surface area contributed by atoms with Gasteiger partial charge in [-0.1, -0.05) is 0 Å². The van der Waals surface area contributed by atoms with Gasteiger partial charge in [-0.2, -0.15) is 5.26 Å². The molecule has 1 aromatic heterocycles. The van der Waals surface area contributed by atoms with E-state index in [1.807, 2.05) is 26.0 Å². The number of aryl methyl sites for hydroxylation is 2. The monoisotopic (exact) mass is 402 g/mol. The molecule has 0 aliphatic rings. The van der Waals surface area contributed by atoms with Crippen molar-refractivity contribution in [3.63, 3.8) is 0 Å². The van der Waals surface area contributed by atoms with Crippen LogP contribution in [0, 0.1) is 32.1 Å². The van der Waals surface area contributed by atoms with Crippen molar-refractivity contribution in [2.24, 2.45) is 4.99 Å². The van der Waals surface area contributed by atoms with Gasteiger partial charge in [0.2, 0.25) is 5.88 Å². The number of halogens is 1. The lowest BCUT2D eigenvalue weighted by Crippen LogP contribution is -2.14. The lowest BCUT2D eigenvalue weighted by atomic mass is 10.1. The van der Waals surface area contributed by atoms with Crippen LogP contribution in [0.2, 0.25) is 0 Å². The van der Waals surface area contributed by atoms with Gasteiger partial charge in [-0.3, -0.25) is 9.78 Å². The molecule has 0 atom stereocenters. The highest BCUT2D eigenvalue weighted by Gasteiger charge is 2.13. The normalized spacial score (nSPS) is 10.7. The molecule has 0 unspecified atom stereocenters. The Bertz CT molecular complexity index is 987. The van der Waals surface area contributed by atoms with E-state index >= 15 is 0 Å². The van der Waals surface area contributed by atoms with Gasteiger partial charge >= 0.3 is 6.03 Å². The first-order valence-electron chi connectivity index (χ1n) is 7.22. The number of nitriles is 1. The number of H-pyrrole nitrogens is 1. The summed E-state index contributed by atoms with van der Waals surface area (Å²) in [6.07, 6.45) is 1.10. The SMILES string of the molecule is Cc1cc(Br)c(NC(=O)N=Cc2c(O)[nH]c(=O)c(C#N)c2C)cc1C. The van der Waals surface area contributed by atoms with Crippen LogP contribution in [0.5, 0.6) is 5.88 Å². The van der Waals surface area contributed by atoms with E-state index in [0.29, 0.717) is 10.2 Å². The van der Waals surface area contributed by atoms with Crippen molar-refractivity contribution in [2.45, 2.75) is 20.8 Å². The molecule has 0 aliphatic heterocycles. The number of nitrogens with zero attached hydrogens (tertiary/aromatic N) is 2. The standard InChI is InChI=1S/C17H15BrN4O3/c1-8-4-13(18)14(5-9(8)2)21-17(25)20-7-12-10(3)11(6-19)15(23)22-16(12)24/h4-5,7H,1-3H3,(H,21,25)(H2,22,23,24). The van der Waals surface area contributed by atoms with Gasteiger partial charge in [0.25, 0.3) is 5.56 Å². The number of aromatic hydroxyl groups is 1. The summed E-state index contributed by atoms with van der Waals surface area (Å²) in [7, 11) is 0. The molecule has 25 heavy (non-hydrogen) atoms. The molecule has 7 nitrogen and oxygen atoms in total. The van der Waals surface area contributed by atoms with Crippen molar-refractivity contribution >= 4 is 33.9 Å². The maximum absolute atomic E-state index is 12.0. The van der Waals surface area contributed by atoms with Crippen LogP contribution in [-0.4, -0.2) is 22.3 Å². The van der Waals surface area contributed by atoms with Crippen LogP contribution >= 0.6 is 15.9 Å². The summed E-state index contributed by atoms with van der Waals surface area (Å²) in [6.45, 7) is 5.37. The minimum atomic E-state index is -0.696. The lowest BCUT2D eigenvalue weighted by molar-refractivity contribution is 0.259. The highest BCUT2D eigenvalue weighted by Crippen LogP contribution is 2.26. The molecule has 0 fully saturated rings. The number of pyridine rings is 1. The Balaban J connectivity index is 2.29. The maximum atomic E-state index is 12.0. The number of urea groups is 1. The van der Waals surface area contributed by atoms with E-state index in [9.17, 15) is 14.7 Å². The zero-order valence-corrected chi connectivity index (χ0v) is 15.4. The smallest absolute Gasteiger partial charge is 0.345 e. The summed E-state index contributed by atoms with van der Waals surface area (Å²) in [5, 5.41) is 21.4. The van der Waals surface area contributed by atoms with E-state index in [0.717, 1.165) is 17.3 Å². The fourth-order valence-corrected chi connectivity index (χ4v) is 2.72. The van der Waals surface area contributed by atoms with E-state index < -0.39 is 17.5 Å². The second-order valence-corrected chi connectivity index (χ2v) is 6.29. The van der Waals surface area contributed by atoms with Crippen molar-refractivity contribution in [3.8, 4) is 11.9 Å². The van der Waals surface area contributed by atoms with Crippen molar-refractivity contribution in [3.05, 3.63) is 54.8 Å². The first-order valence-corrected chi connectivity index (χ1v) is 8.01. The lowest BCUT2D eigenvalue weighted by Gasteiger charge is -2.08. The predicted octanol–water partition coefficient (Wildman–Crippen LogP) is 3.29. The van der Waals surface area contributed by atoms with Crippen LogP contribution in [0.4, 0.5) is 10.5 Å². The van der Waals surface area contributed by atoms with Gasteiger partial charge in [-0.25, -0.2) is 9.79 Å². The van der Waals surface area contributed by atoms with Crippen molar-refractivity contribution in [1.82, 2.24) is 4.98 Å². The molecule has 3 N–H and O–H groups in total. The molecule has 1 aromatic carbocycles. The molecular weight excluding hydrogens is 388 g/mol. The molecule has 2 rings (SSSR count). The molecule has 2 amide bonds. The number of amides is 2. The molecule has 0 saturated heterocycles. The largest absolute Gasteiger partial charge is 0.494 e. The van der Waals surface area contributed by atoms with Crippen LogP contribution in [0.15, 0.2) is 26.4 Å². The quantitative estimate of drug-likeness (QED) is 0.667. The molecule has 0 spiro atoms. The molecule has 0 saturated carbocycles. The van der Waals surface area contributed by atoms with E-state index in [4.69, 9.17) is 5.26 Å². The second-order valence-electron chi connectivity index (χ2n) is 5.43. The zero-order valence-electron chi connectivity index (χ0n) is 13.8. The minimum absolute atomic E-state index is 0.102. The van der Waals surface area contributed by atoms with Crippen LogP contribution < -0.4 is 10.9 Å². The van der Waals surface area contributed by atoms with E-state index in [1.54, 1.807) is 6.07 Å². The molecule has 128 valence electrons. The fraction of sp³-hybridized carbons (Fsp3) is 0.176. The Kier molecular flexibility index (Phi) is 5.39. The maximum Gasteiger partial charge on any atom is 0.345 e. The molecule has 0 radical (unpaired) electrons. The molecule has 0 aliphatic carbocycles. The number of nitrogens with one attached hydrogen (secondary N) is 2. The van der Waals surface area contributed by atoms with Gasteiger partial charge in [0.15, 0.2) is 0 Å². The van der Waals surface area contributed by atoms with Crippen molar-refractivity contribution in [1.29, 1.82) is 5.26 Å². The summed E-state index contributed by atoms with van der Waals surface area (Å²) in [6, 6.07) is 4.78. The number of aromatic amines is 1. The third-order valence-electron chi connectivity index (χ3n) is 3.74. The topological polar surface area (TPSA) is 118 Å². The van der Waals surface area contributed by atoms with Gasteiger partial charge < -0.3 is 10.4 Å². The van der Waals surface area contributed by atoms with E-state index in [1.165, 1.54) is 6.92 Å². The molecule has 1 heterocycles. The number of benzene rings is 1. The Morgan fingerprint density at radius 3 is 2.64 bits per heavy atom. The number of carbonyl (C=O) groups excluding carboxylic acids is 1. The van der Waals surface area contributed by atoms with E-state index in [-0.39, 0.29) is 16.7 Å². The zero-order chi connectivity index (χ0) is 18.7. The Morgan fingerprint density at radius 2 is 2.00 bits per heavy atom. The first-order chi connectivity index (χ1) is 11.7. The summed E-state index contributed by atoms with van der Waals surface area (Å²) < 4.78 is 0.717. The van der Waals surface area contributed by atoms with Crippen LogP contribution in [0.25, 0.3) is 0 Å². The number of aromatic nitrogens is 1. The average Bonchev–Trinajstić information content (AvgIpc) is 2.52. The highest BCUT2D eigenvalue weighted by molar-refractivity contribution is 9.10. The highest BCUT2D eigenvalue weighted by atomic mass is 79.9. The Morgan fingerprint density at radius 1 is 1.36 bits per heavy atom.